The molecule has 0 saturated carbocycles. The Morgan fingerprint density at radius 3 is 1.93 bits per heavy atom. The smallest absolute Gasteiger partial charge is 0.319 e. The van der Waals surface area contributed by atoms with Gasteiger partial charge in [0, 0.05) is 92.4 Å². The summed E-state index contributed by atoms with van der Waals surface area (Å²) >= 11 is 6.75. The number of nitrogens with one attached hydrogen (secondary N) is 2. The fraction of sp³-hybridized carbons (Fsp3) is 0.413. The number of anilines is 2. The maximum atomic E-state index is 18.0. The van der Waals surface area contributed by atoms with Crippen LogP contribution in [0.4, 0.5) is 38.0 Å². The Morgan fingerprint density at radius 1 is 0.656 bits per heavy atom. The molecule has 0 radical (unpaired) electrons. The summed E-state index contributed by atoms with van der Waals surface area (Å²) < 4.78 is 112. The molecule has 0 aliphatic carbocycles. The quantitative estimate of drug-likeness (QED) is 0.0537. The number of benzene rings is 4. The molecule has 464 valence electrons. The van der Waals surface area contributed by atoms with Crippen LogP contribution in [0.1, 0.15) is 69.4 Å². The number of nitrogens with zero attached hydrogens (tertiary/aromatic N) is 10. The van der Waals surface area contributed by atoms with Crippen LogP contribution in [0.2, 0.25) is 0 Å². The lowest BCUT2D eigenvalue weighted by atomic mass is 9.80. The highest BCUT2D eigenvalue weighted by Crippen LogP contribution is 2.54. The summed E-state index contributed by atoms with van der Waals surface area (Å²) in [4.78, 5) is 73.6. The number of β-lactam (4-membered cyclic amide) rings is 1. The van der Waals surface area contributed by atoms with Gasteiger partial charge in [0.15, 0.2) is 11.6 Å². The van der Waals surface area contributed by atoms with Crippen molar-refractivity contribution >= 4 is 105 Å². The molecule has 27 heteroatoms. The van der Waals surface area contributed by atoms with E-state index in [-0.39, 0.29) is 152 Å². The van der Waals surface area contributed by atoms with Crippen molar-refractivity contribution in [1.29, 1.82) is 0 Å². The number of pyridine rings is 2. The van der Waals surface area contributed by atoms with Gasteiger partial charge in [0.05, 0.1) is 54.6 Å². The number of halogens is 8. The van der Waals surface area contributed by atoms with Crippen molar-refractivity contribution in [2.75, 3.05) is 68.8 Å². The zero-order chi connectivity index (χ0) is 62.0. The van der Waals surface area contributed by atoms with Crippen molar-refractivity contribution in [2.45, 2.75) is 92.8 Å². The Kier molecular flexibility index (Phi) is 13.3. The maximum Gasteiger partial charge on any atom is 0.319 e. The van der Waals surface area contributed by atoms with Crippen molar-refractivity contribution in [2.24, 2.45) is 11.8 Å². The van der Waals surface area contributed by atoms with E-state index in [0.29, 0.717) is 73.9 Å². The summed E-state index contributed by atoms with van der Waals surface area (Å²) in [6.45, 7) is 1.62. The summed E-state index contributed by atoms with van der Waals surface area (Å²) in [5.74, 6) is -5.91. The number of imide groups is 1. The van der Waals surface area contributed by atoms with Gasteiger partial charge >= 0.3 is 12.0 Å². The molecule has 12 heterocycles. The molecule has 16 rings (SSSR count). The number of alkyl halides is 2. The van der Waals surface area contributed by atoms with E-state index in [1.807, 2.05) is 9.80 Å². The molecule has 8 aliphatic rings. The van der Waals surface area contributed by atoms with Crippen LogP contribution in [-0.2, 0) is 14.4 Å². The van der Waals surface area contributed by atoms with Crippen molar-refractivity contribution in [1.82, 2.24) is 50.3 Å². The third-order valence-corrected chi connectivity index (χ3v) is 21.7. The molecule has 8 fully saturated rings. The Labute approximate surface area is 524 Å². The lowest BCUT2D eigenvalue weighted by Gasteiger charge is -2.49. The minimum Gasteiger partial charge on any atom is -0.508 e. The highest BCUT2D eigenvalue weighted by atomic mass is 79.9. The van der Waals surface area contributed by atoms with Crippen molar-refractivity contribution < 1.29 is 60.4 Å². The van der Waals surface area contributed by atoms with Gasteiger partial charge in [-0.3, -0.25) is 39.5 Å². The average molecular weight is 1360 g/mol. The monoisotopic (exact) mass is 1360 g/mol. The summed E-state index contributed by atoms with van der Waals surface area (Å²) in [6, 6.07) is 8.09. The highest BCUT2D eigenvalue weighted by molar-refractivity contribution is 9.11. The average Bonchev–Trinajstić information content (AvgIpc) is 1.23. The van der Waals surface area contributed by atoms with Crippen LogP contribution in [0.3, 0.4) is 0 Å². The summed E-state index contributed by atoms with van der Waals surface area (Å²) in [7, 11) is 0. The normalized spacial score (nSPS) is 27.4. The largest absolute Gasteiger partial charge is 0.508 e. The predicted octanol–water partition coefficient (Wildman–Crippen LogP) is 9.72. The molecule has 8 aliphatic heterocycles. The number of carbonyl (C=O) groups excluding carboxylic acids is 3. The number of aromatic hydroxyl groups is 2. The molecule has 8 aromatic rings. The van der Waals surface area contributed by atoms with E-state index < -0.39 is 81.9 Å². The zero-order valence-electron chi connectivity index (χ0n) is 47.7. The first kappa shape index (κ1) is 57.4. The van der Waals surface area contributed by atoms with E-state index in [9.17, 15) is 29.0 Å². The second-order valence-electron chi connectivity index (χ2n) is 25.5. The van der Waals surface area contributed by atoms with Crippen LogP contribution in [0.15, 0.2) is 63.8 Å². The number of carbonyl (C=O) groups is 3. The van der Waals surface area contributed by atoms with Gasteiger partial charge in [-0.2, -0.15) is 19.9 Å². The number of hydrogen-bond donors (Lipinski definition) is 4. The van der Waals surface area contributed by atoms with Crippen LogP contribution in [0, 0.1) is 35.1 Å². The number of ether oxygens (including phenoxy) is 2. The number of rotatable bonds is 11. The Balaban J connectivity index is 0.759. The molecule has 4 unspecified atom stereocenters. The molecule has 0 bridgehead atoms. The number of amides is 3. The van der Waals surface area contributed by atoms with Crippen molar-refractivity contribution in [3.8, 4) is 46.0 Å². The number of phenolic OH excluding ortho intramolecular Hbond substituents is 2. The molecule has 90 heavy (non-hydrogen) atoms. The summed E-state index contributed by atoms with van der Waals surface area (Å²) in [6.07, 6.45) is 4.47. The van der Waals surface area contributed by atoms with Gasteiger partial charge in [-0.05, 0) is 130 Å². The Morgan fingerprint density at radius 2 is 1.26 bits per heavy atom. The fourth-order valence-corrected chi connectivity index (χ4v) is 17.3. The summed E-state index contributed by atoms with van der Waals surface area (Å²) in [5.41, 5.74) is -2.86. The van der Waals surface area contributed by atoms with Crippen LogP contribution < -0.4 is 29.9 Å². The molecular formula is C63H54Br2F6N12O7. The van der Waals surface area contributed by atoms with Gasteiger partial charge in [0.1, 0.15) is 82.7 Å². The van der Waals surface area contributed by atoms with Gasteiger partial charge in [0.2, 0.25) is 17.7 Å². The lowest BCUT2D eigenvalue weighted by Crippen LogP contribution is -2.68. The first-order valence-electron chi connectivity index (χ1n) is 30.0. The minimum absolute atomic E-state index is 0.00166. The third-order valence-electron chi connectivity index (χ3n) is 20.2. The van der Waals surface area contributed by atoms with Crippen LogP contribution in [0.25, 0.3) is 65.9 Å². The highest BCUT2D eigenvalue weighted by Gasteiger charge is 2.55. The molecule has 8 saturated heterocycles. The number of phenols is 2. The predicted molar refractivity (Wildman–Crippen MR) is 323 cm³/mol. The SMILES string of the molecule is O=C1CC2(CCCN(c3nc(OC[C@@]45CCCN4C[C@H](F)C5)nc4c(F)c(-c5cc(O)cc6c(C7CC[C@@]8(COc9nc(N%10CC%11C(=O)NC(=O)C%11C%10)c%10cnc(-c%11cc(O)cc%12ccc(F)c(Br)c%11%12)c(F)c%10n9)C[C@@H](F)CN78)cc(F)c(Br)c56)ncc34)C2)N1. The topological polar surface area (TPSA) is 224 Å². The Hall–Kier alpha value is -7.75. The van der Waals surface area contributed by atoms with E-state index in [2.05, 4.69) is 67.3 Å². The molecule has 4 N–H and O–H groups in total. The first-order valence-corrected chi connectivity index (χ1v) is 31.5. The van der Waals surface area contributed by atoms with Crippen LogP contribution in [-0.4, -0.2) is 156 Å². The first-order chi connectivity index (χ1) is 43.2. The Bertz CT molecular complexity index is 4450. The fourth-order valence-electron chi connectivity index (χ4n) is 16.2. The number of hydrogen-bond acceptors (Lipinski definition) is 17. The van der Waals surface area contributed by atoms with Gasteiger partial charge in [-0.1, -0.05) is 6.07 Å². The van der Waals surface area contributed by atoms with E-state index in [1.54, 1.807) is 4.90 Å². The molecular weight excluding hydrogens is 1310 g/mol. The molecule has 4 aromatic heterocycles. The van der Waals surface area contributed by atoms with Crippen LogP contribution >= 0.6 is 31.9 Å². The van der Waals surface area contributed by atoms with E-state index in [0.717, 1.165) is 12.8 Å². The third kappa shape index (κ3) is 9.03. The molecule has 19 nitrogen and oxygen atoms in total. The van der Waals surface area contributed by atoms with Gasteiger partial charge in [0.25, 0.3) is 0 Å². The standard InChI is InChI=1S/C63H54Br2F6N12O7/c64-47-41(68)4-3-28-11-31(84)13-35(45(28)47)51-49(70)54-38(20-72-51)56(81-23-39-40(24-81)58(88)78-57(39)87)77-60(75-54)90-27-63-8-5-43(83(63)22-30(67)17-63)33-15-42(69)48(65)46-34(33)12-32(85)14-36(46)52-50(71)53-37(19-73-52)55(80-9-1-6-61(25-80)18-44(86)79-61)76-59(74-53)89-26-62-7-2-10-82(62)21-29(66)16-62/h3-4,11-15,19-20,29-30,39-40,43,84-85H,1-2,5-10,16-18,21-27H2,(H,79,86)(H,78,87,88)/t29-,30-,39?,40?,43?,61?,62+,63+/m1/s1. The number of fused-ring (bicyclic) bond motifs is 7. The number of aromatic nitrogens is 6. The van der Waals surface area contributed by atoms with Gasteiger partial charge in [-0.25, -0.2) is 26.3 Å². The van der Waals surface area contributed by atoms with Crippen LogP contribution in [0.5, 0.6) is 23.5 Å². The second kappa shape index (κ2) is 20.9. The second-order valence-corrected chi connectivity index (χ2v) is 27.1. The maximum absolute atomic E-state index is 18.0. The van der Waals surface area contributed by atoms with E-state index in [4.69, 9.17) is 19.4 Å². The zero-order valence-corrected chi connectivity index (χ0v) is 50.9. The number of piperidine rings is 1. The van der Waals surface area contributed by atoms with Gasteiger partial charge in [-0.15, -0.1) is 0 Å². The molecule has 8 atom stereocenters. The molecule has 4 aromatic carbocycles. The summed E-state index contributed by atoms with van der Waals surface area (Å²) in [5, 5.41) is 29.3. The molecule has 3 amide bonds. The van der Waals surface area contributed by atoms with Crippen molar-refractivity contribution in [3.63, 3.8) is 0 Å². The molecule has 1 spiro atoms. The minimum atomic E-state index is -1.41. The van der Waals surface area contributed by atoms with Gasteiger partial charge < -0.3 is 34.8 Å². The van der Waals surface area contributed by atoms with E-state index >= 15 is 22.0 Å². The van der Waals surface area contributed by atoms with Crippen molar-refractivity contribution in [3.05, 3.63) is 92.6 Å². The van der Waals surface area contributed by atoms with E-state index in [1.165, 1.54) is 54.9 Å². The lowest BCUT2D eigenvalue weighted by molar-refractivity contribution is -0.133.